The average Bonchev–Trinajstić information content (AvgIpc) is 2.72. The van der Waals surface area contributed by atoms with Crippen molar-refractivity contribution >= 4 is 11.3 Å². The average molecular weight is 200 g/mol. The van der Waals surface area contributed by atoms with Crippen molar-refractivity contribution in [2.45, 2.75) is 19.3 Å². The molecular weight excluding hydrogens is 188 g/mol. The van der Waals surface area contributed by atoms with Crippen molar-refractivity contribution in [1.29, 1.82) is 0 Å². The van der Waals surface area contributed by atoms with Crippen LogP contribution in [0.25, 0.3) is 10.4 Å². The Morgan fingerprint density at radius 1 is 1.00 bits per heavy atom. The molecule has 0 nitrogen and oxygen atoms in total. The molecule has 1 heteroatoms. The molecule has 0 saturated carbocycles. The molecule has 0 fully saturated rings. The van der Waals surface area contributed by atoms with E-state index in [1.807, 2.05) is 11.3 Å². The second kappa shape index (κ2) is 2.48. The molecule has 0 saturated heterocycles. The molecule has 0 bridgehead atoms. The molecule has 1 heterocycles. The van der Waals surface area contributed by atoms with Crippen LogP contribution in [0.4, 0.5) is 0 Å². The Hall–Kier alpha value is -1.08. The Morgan fingerprint density at radius 2 is 1.79 bits per heavy atom. The van der Waals surface area contributed by atoms with E-state index in [1.165, 1.54) is 21.6 Å². The van der Waals surface area contributed by atoms with Crippen LogP contribution in [0.1, 0.15) is 25.0 Å². The fourth-order valence-electron chi connectivity index (χ4n) is 2.38. The van der Waals surface area contributed by atoms with Gasteiger partial charge < -0.3 is 0 Å². The van der Waals surface area contributed by atoms with Crippen molar-refractivity contribution in [2.75, 3.05) is 0 Å². The quantitative estimate of drug-likeness (QED) is 0.601. The Balaban J connectivity index is 2.42. The van der Waals surface area contributed by atoms with Gasteiger partial charge >= 0.3 is 0 Å². The van der Waals surface area contributed by atoms with Crippen LogP contribution < -0.4 is 0 Å². The highest BCUT2D eigenvalue weighted by molar-refractivity contribution is 7.13. The standard InChI is InChI=1S/C13H12S/c1-13(2)10-6-4-3-5-9(10)12-11(13)7-8-14-12/h3-8H,1-2H3. The minimum Gasteiger partial charge on any atom is -0.143 e. The second-order valence-corrected chi connectivity index (χ2v) is 5.25. The van der Waals surface area contributed by atoms with Crippen molar-refractivity contribution in [3.8, 4) is 10.4 Å². The lowest BCUT2D eigenvalue weighted by atomic mass is 9.83. The highest BCUT2D eigenvalue weighted by Gasteiger charge is 2.35. The third-order valence-electron chi connectivity index (χ3n) is 3.18. The van der Waals surface area contributed by atoms with Gasteiger partial charge in [0.05, 0.1) is 0 Å². The summed E-state index contributed by atoms with van der Waals surface area (Å²) in [7, 11) is 0. The minimum absolute atomic E-state index is 0.200. The first kappa shape index (κ1) is 8.25. The number of thiophene rings is 1. The van der Waals surface area contributed by atoms with Crippen molar-refractivity contribution in [2.24, 2.45) is 0 Å². The van der Waals surface area contributed by atoms with E-state index in [0.29, 0.717) is 0 Å². The Morgan fingerprint density at radius 3 is 2.64 bits per heavy atom. The summed E-state index contributed by atoms with van der Waals surface area (Å²) in [6.45, 7) is 4.62. The monoisotopic (exact) mass is 200 g/mol. The van der Waals surface area contributed by atoms with Crippen LogP contribution in [0.2, 0.25) is 0 Å². The Kier molecular flexibility index (Phi) is 1.46. The van der Waals surface area contributed by atoms with Crippen LogP contribution in [0.3, 0.4) is 0 Å². The number of hydrogen-bond acceptors (Lipinski definition) is 1. The fourth-order valence-corrected chi connectivity index (χ4v) is 3.48. The Bertz CT molecular complexity index is 491. The van der Waals surface area contributed by atoms with E-state index in [4.69, 9.17) is 0 Å². The molecule has 1 aliphatic carbocycles. The summed E-state index contributed by atoms with van der Waals surface area (Å²) < 4.78 is 0. The Labute approximate surface area is 88.2 Å². The maximum Gasteiger partial charge on any atom is 0.0386 e. The molecule has 14 heavy (non-hydrogen) atoms. The molecule has 0 N–H and O–H groups in total. The predicted octanol–water partition coefficient (Wildman–Crippen LogP) is 4.05. The van der Waals surface area contributed by atoms with Gasteiger partial charge in [-0.05, 0) is 28.1 Å². The van der Waals surface area contributed by atoms with Gasteiger partial charge in [0.1, 0.15) is 0 Å². The van der Waals surface area contributed by atoms with Gasteiger partial charge in [0.25, 0.3) is 0 Å². The summed E-state index contributed by atoms with van der Waals surface area (Å²) in [5.74, 6) is 0. The summed E-state index contributed by atoms with van der Waals surface area (Å²) in [5, 5.41) is 2.20. The van der Waals surface area contributed by atoms with Gasteiger partial charge in [0.15, 0.2) is 0 Å². The highest BCUT2D eigenvalue weighted by atomic mass is 32.1. The summed E-state index contributed by atoms with van der Waals surface area (Å²) >= 11 is 1.86. The van der Waals surface area contributed by atoms with Gasteiger partial charge in [-0.2, -0.15) is 0 Å². The van der Waals surface area contributed by atoms with Crippen molar-refractivity contribution in [3.05, 3.63) is 46.8 Å². The van der Waals surface area contributed by atoms with Crippen LogP contribution in [-0.4, -0.2) is 0 Å². The number of fused-ring (bicyclic) bond motifs is 3. The zero-order valence-electron chi connectivity index (χ0n) is 8.37. The molecule has 0 radical (unpaired) electrons. The maximum atomic E-state index is 2.31. The smallest absolute Gasteiger partial charge is 0.0386 e. The number of benzene rings is 1. The minimum atomic E-state index is 0.200. The van der Waals surface area contributed by atoms with E-state index in [1.54, 1.807) is 0 Å². The summed E-state index contributed by atoms with van der Waals surface area (Å²) in [4.78, 5) is 1.46. The van der Waals surface area contributed by atoms with Crippen LogP contribution in [-0.2, 0) is 5.41 Å². The number of rotatable bonds is 0. The van der Waals surface area contributed by atoms with Crippen molar-refractivity contribution < 1.29 is 0 Å². The predicted molar refractivity (Wildman–Crippen MR) is 61.9 cm³/mol. The van der Waals surface area contributed by atoms with Gasteiger partial charge in [-0.15, -0.1) is 11.3 Å². The third kappa shape index (κ3) is 0.833. The molecule has 70 valence electrons. The van der Waals surface area contributed by atoms with Crippen molar-refractivity contribution in [1.82, 2.24) is 0 Å². The maximum absolute atomic E-state index is 2.31. The third-order valence-corrected chi connectivity index (χ3v) is 4.13. The van der Waals surface area contributed by atoms with Gasteiger partial charge in [0.2, 0.25) is 0 Å². The molecule has 2 aromatic rings. The van der Waals surface area contributed by atoms with E-state index in [2.05, 4.69) is 49.6 Å². The lowest BCUT2D eigenvalue weighted by Crippen LogP contribution is -2.14. The summed E-state index contributed by atoms with van der Waals surface area (Å²) in [5.41, 5.74) is 4.60. The van der Waals surface area contributed by atoms with Gasteiger partial charge in [-0.1, -0.05) is 38.1 Å². The molecule has 0 amide bonds. The normalized spacial score (nSPS) is 16.4. The van der Waals surface area contributed by atoms with Gasteiger partial charge in [0, 0.05) is 10.3 Å². The van der Waals surface area contributed by atoms with Crippen LogP contribution in [0.5, 0.6) is 0 Å². The molecule has 0 unspecified atom stereocenters. The molecule has 0 spiro atoms. The topological polar surface area (TPSA) is 0 Å². The van der Waals surface area contributed by atoms with Crippen LogP contribution >= 0.6 is 11.3 Å². The molecule has 3 rings (SSSR count). The van der Waals surface area contributed by atoms with Gasteiger partial charge in [-0.25, -0.2) is 0 Å². The largest absolute Gasteiger partial charge is 0.143 e. The van der Waals surface area contributed by atoms with E-state index in [9.17, 15) is 0 Å². The highest BCUT2D eigenvalue weighted by Crippen LogP contribution is 2.50. The van der Waals surface area contributed by atoms with E-state index in [0.717, 1.165) is 0 Å². The first-order chi connectivity index (χ1) is 6.71. The first-order valence-corrected chi connectivity index (χ1v) is 5.77. The molecule has 0 aliphatic heterocycles. The summed E-state index contributed by atoms with van der Waals surface area (Å²) in [6.07, 6.45) is 0. The van der Waals surface area contributed by atoms with Crippen LogP contribution in [0, 0.1) is 0 Å². The van der Waals surface area contributed by atoms with Crippen LogP contribution in [0.15, 0.2) is 35.7 Å². The zero-order chi connectivity index (χ0) is 9.76. The lowest BCUT2D eigenvalue weighted by Gasteiger charge is -2.19. The zero-order valence-corrected chi connectivity index (χ0v) is 9.19. The second-order valence-electron chi connectivity index (χ2n) is 4.33. The van der Waals surface area contributed by atoms with Gasteiger partial charge in [-0.3, -0.25) is 0 Å². The first-order valence-electron chi connectivity index (χ1n) is 4.89. The molecule has 0 atom stereocenters. The lowest BCUT2D eigenvalue weighted by molar-refractivity contribution is 0.662. The molecule has 1 aromatic carbocycles. The van der Waals surface area contributed by atoms with E-state index in [-0.39, 0.29) is 5.41 Å². The van der Waals surface area contributed by atoms with Crippen molar-refractivity contribution in [3.63, 3.8) is 0 Å². The van der Waals surface area contributed by atoms with E-state index >= 15 is 0 Å². The van der Waals surface area contributed by atoms with E-state index < -0.39 is 0 Å². The molecule has 1 aromatic heterocycles. The SMILES string of the molecule is CC1(C)c2ccccc2-c2sccc21. The molecular formula is C13H12S. The number of hydrogen-bond donors (Lipinski definition) is 0. The summed E-state index contributed by atoms with van der Waals surface area (Å²) in [6, 6.07) is 11.0. The fraction of sp³-hybridized carbons (Fsp3) is 0.231. The molecule has 1 aliphatic rings.